The van der Waals surface area contributed by atoms with Gasteiger partial charge in [-0.1, -0.05) is 20.3 Å². The summed E-state index contributed by atoms with van der Waals surface area (Å²) in [6.07, 6.45) is 0.544. The Hall–Kier alpha value is -1.43. The fraction of sp³-hybridized carbons (Fsp3) is 0.769. The molecule has 0 amide bonds. The molecule has 3 unspecified atom stereocenters. The van der Waals surface area contributed by atoms with Crippen molar-refractivity contribution in [1.82, 2.24) is 0 Å². The first-order chi connectivity index (χ1) is 8.51. The number of ketones is 1. The highest BCUT2D eigenvalue weighted by Crippen LogP contribution is 2.22. The normalized spacial score (nSPS) is 16.3. The van der Waals surface area contributed by atoms with E-state index in [9.17, 15) is 14.4 Å². The minimum Gasteiger partial charge on any atom is -0.480 e. The zero-order chi connectivity index (χ0) is 15.4. The monoisotopic (exact) mass is 273 g/mol. The number of carbonyl (C=O) groups is 3. The molecule has 0 aromatic heterocycles. The van der Waals surface area contributed by atoms with E-state index in [2.05, 4.69) is 0 Å². The van der Waals surface area contributed by atoms with Crippen molar-refractivity contribution in [3.63, 3.8) is 0 Å². The number of aliphatic carboxylic acids is 1. The van der Waals surface area contributed by atoms with E-state index >= 15 is 0 Å². The van der Waals surface area contributed by atoms with Gasteiger partial charge in [0.05, 0.1) is 0 Å². The molecule has 0 aromatic carbocycles. The van der Waals surface area contributed by atoms with Gasteiger partial charge in [0.25, 0.3) is 0 Å². The quantitative estimate of drug-likeness (QED) is 0.551. The van der Waals surface area contributed by atoms with Crippen molar-refractivity contribution < 1.29 is 24.2 Å². The first kappa shape index (κ1) is 17.6. The van der Waals surface area contributed by atoms with Gasteiger partial charge in [0.2, 0.25) is 0 Å². The van der Waals surface area contributed by atoms with Crippen molar-refractivity contribution in [3.05, 3.63) is 0 Å². The lowest BCUT2D eigenvalue weighted by atomic mass is 9.85. The van der Waals surface area contributed by atoms with Crippen LogP contribution in [0.1, 0.15) is 41.0 Å². The number of Topliss-reactive ketones (excluding diaryl/α,β-unsaturated/α-hetero) is 1. The molecule has 0 radical (unpaired) electrons. The number of esters is 1. The predicted molar refractivity (Wildman–Crippen MR) is 69.4 cm³/mol. The maximum absolute atomic E-state index is 12.0. The van der Waals surface area contributed by atoms with Gasteiger partial charge in [-0.15, -0.1) is 0 Å². The van der Waals surface area contributed by atoms with Gasteiger partial charge in [0, 0.05) is 0 Å². The summed E-state index contributed by atoms with van der Waals surface area (Å²) in [6.45, 7) is 8.54. The summed E-state index contributed by atoms with van der Waals surface area (Å²) in [6, 6.07) is -1.70. The van der Waals surface area contributed by atoms with E-state index in [1.54, 1.807) is 27.7 Å². The third kappa shape index (κ3) is 5.38. The van der Waals surface area contributed by atoms with Crippen LogP contribution in [-0.4, -0.2) is 34.5 Å². The van der Waals surface area contributed by atoms with E-state index in [0.717, 1.165) is 0 Å². The van der Waals surface area contributed by atoms with Gasteiger partial charge in [-0.2, -0.15) is 0 Å². The predicted octanol–water partition coefficient (Wildman–Crippen LogP) is 0.971. The van der Waals surface area contributed by atoms with Crippen LogP contribution in [0.15, 0.2) is 0 Å². The molecule has 6 nitrogen and oxygen atoms in total. The minimum absolute atomic E-state index is 0.326. The van der Waals surface area contributed by atoms with Crippen molar-refractivity contribution in [1.29, 1.82) is 0 Å². The highest BCUT2D eigenvalue weighted by molar-refractivity contribution is 6.10. The zero-order valence-electron chi connectivity index (χ0n) is 12.1. The summed E-state index contributed by atoms with van der Waals surface area (Å²) in [7, 11) is 0. The molecule has 0 aliphatic heterocycles. The lowest BCUT2D eigenvalue weighted by Gasteiger charge is -2.26. The standard InChI is InChI=1S/C13H23NO5/c1-6-7(2)8(10(15)9(14)11(16)17)12(18)19-13(3,4)5/h7-9H,6,14H2,1-5H3,(H,16,17). The zero-order valence-corrected chi connectivity index (χ0v) is 12.1. The van der Waals surface area contributed by atoms with Gasteiger partial charge in [-0.3, -0.25) is 14.4 Å². The molecule has 0 heterocycles. The van der Waals surface area contributed by atoms with Gasteiger partial charge in [0.1, 0.15) is 11.5 Å². The first-order valence-corrected chi connectivity index (χ1v) is 6.26. The Kier molecular flexibility index (Phi) is 6.15. The molecule has 6 heteroatoms. The van der Waals surface area contributed by atoms with Crippen LogP contribution in [0, 0.1) is 11.8 Å². The van der Waals surface area contributed by atoms with Gasteiger partial charge in [0.15, 0.2) is 11.8 Å². The van der Waals surface area contributed by atoms with Crippen LogP contribution in [-0.2, 0) is 19.1 Å². The van der Waals surface area contributed by atoms with Crippen LogP contribution in [0.3, 0.4) is 0 Å². The van der Waals surface area contributed by atoms with E-state index < -0.39 is 35.3 Å². The third-order valence-corrected chi connectivity index (χ3v) is 2.75. The maximum Gasteiger partial charge on any atom is 0.328 e. The van der Waals surface area contributed by atoms with Crippen molar-refractivity contribution >= 4 is 17.7 Å². The second-order valence-corrected chi connectivity index (χ2v) is 5.61. The fourth-order valence-corrected chi connectivity index (χ4v) is 1.54. The summed E-state index contributed by atoms with van der Waals surface area (Å²) in [5.41, 5.74) is 4.56. The first-order valence-electron chi connectivity index (χ1n) is 6.26. The van der Waals surface area contributed by atoms with E-state index in [0.29, 0.717) is 6.42 Å². The molecule has 0 rings (SSSR count). The van der Waals surface area contributed by atoms with E-state index in [4.69, 9.17) is 15.6 Å². The molecule has 0 spiro atoms. The molecule has 0 fully saturated rings. The topological polar surface area (TPSA) is 107 Å². The number of nitrogens with two attached hydrogens (primary N) is 1. The van der Waals surface area contributed by atoms with Crippen molar-refractivity contribution in [2.75, 3.05) is 0 Å². The largest absolute Gasteiger partial charge is 0.480 e. The average Bonchev–Trinajstić information content (AvgIpc) is 2.24. The molecule has 0 bridgehead atoms. The van der Waals surface area contributed by atoms with Crippen LogP contribution in [0.25, 0.3) is 0 Å². The third-order valence-electron chi connectivity index (χ3n) is 2.75. The molecule has 0 saturated heterocycles. The summed E-state index contributed by atoms with van der Waals surface area (Å²) < 4.78 is 5.17. The van der Waals surface area contributed by atoms with Crippen LogP contribution in [0.5, 0.6) is 0 Å². The molecule has 3 atom stereocenters. The average molecular weight is 273 g/mol. The van der Waals surface area contributed by atoms with Gasteiger partial charge in [-0.25, -0.2) is 0 Å². The highest BCUT2D eigenvalue weighted by Gasteiger charge is 2.39. The van der Waals surface area contributed by atoms with E-state index in [1.807, 2.05) is 6.92 Å². The molecule has 0 saturated carbocycles. The Morgan fingerprint density at radius 3 is 2.05 bits per heavy atom. The number of hydrogen-bond acceptors (Lipinski definition) is 5. The molecule has 0 aliphatic rings. The molecular formula is C13H23NO5. The Balaban J connectivity index is 5.18. The van der Waals surface area contributed by atoms with Gasteiger partial charge in [-0.05, 0) is 26.7 Å². The van der Waals surface area contributed by atoms with Crippen LogP contribution in [0.4, 0.5) is 0 Å². The summed E-state index contributed by atoms with van der Waals surface area (Å²) in [5.74, 6) is -4.44. The number of hydrogen-bond donors (Lipinski definition) is 2. The number of rotatable bonds is 6. The van der Waals surface area contributed by atoms with Gasteiger partial charge < -0.3 is 15.6 Å². The van der Waals surface area contributed by atoms with Crippen LogP contribution >= 0.6 is 0 Å². The Morgan fingerprint density at radius 2 is 1.74 bits per heavy atom. The van der Waals surface area contributed by atoms with Gasteiger partial charge >= 0.3 is 11.9 Å². The summed E-state index contributed by atoms with van der Waals surface area (Å²) in [5, 5.41) is 8.77. The lowest BCUT2D eigenvalue weighted by Crippen LogP contribution is -2.47. The number of carbonyl (C=O) groups excluding carboxylic acids is 2. The summed E-state index contributed by atoms with van der Waals surface area (Å²) in [4.78, 5) is 34.8. The fourth-order valence-electron chi connectivity index (χ4n) is 1.54. The number of carboxylic acids is 1. The molecule has 110 valence electrons. The maximum atomic E-state index is 12.0. The summed E-state index contributed by atoms with van der Waals surface area (Å²) >= 11 is 0. The van der Waals surface area contributed by atoms with E-state index in [1.165, 1.54) is 0 Å². The molecule has 0 aliphatic carbocycles. The second kappa shape index (κ2) is 6.65. The second-order valence-electron chi connectivity index (χ2n) is 5.61. The van der Waals surface area contributed by atoms with Crippen molar-refractivity contribution in [2.45, 2.75) is 52.7 Å². The molecule has 0 aromatic rings. The molecule has 3 N–H and O–H groups in total. The SMILES string of the molecule is CCC(C)C(C(=O)OC(C)(C)C)C(=O)C(N)C(=O)O. The smallest absolute Gasteiger partial charge is 0.328 e. The highest BCUT2D eigenvalue weighted by atomic mass is 16.6. The molecule has 19 heavy (non-hydrogen) atoms. The van der Waals surface area contributed by atoms with Crippen LogP contribution in [0.2, 0.25) is 0 Å². The Labute approximate surface area is 113 Å². The Morgan fingerprint density at radius 1 is 1.26 bits per heavy atom. The Bertz CT molecular complexity index is 359. The lowest BCUT2D eigenvalue weighted by molar-refractivity contribution is -0.164. The number of ether oxygens (including phenoxy) is 1. The van der Waals surface area contributed by atoms with E-state index in [-0.39, 0.29) is 5.92 Å². The minimum atomic E-state index is -1.70. The molecular weight excluding hydrogens is 250 g/mol. The number of carboxylic acid groups (broad SMARTS) is 1. The van der Waals surface area contributed by atoms with Crippen LogP contribution < -0.4 is 5.73 Å². The van der Waals surface area contributed by atoms with Crippen molar-refractivity contribution in [3.8, 4) is 0 Å². The van der Waals surface area contributed by atoms with Crippen molar-refractivity contribution in [2.24, 2.45) is 17.6 Å².